The highest BCUT2D eigenvalue weighted by Crippen LogP contribution is 2.30. The second-order valence-corrected chi connectivity index (χ2v) is 6.97. The fourth-order valence-electron chi connectivity index (χ4n) is 2.14. The lowest BCUT2D eigenvalue weighted by Crippen LogP contribution is -2.34. The zero-order chi connectivity index (χ0) is 15.8. The molecule has 0 atom stereocenters. The Bertz CT molecular complexity index is 674. The van der Waals surface area contributed by atoms with E-state index in [0.29, 0.717) is 6.54 Å². The van der Waals surface area contributed by atoms with Crippen molar-refractivity contribution in [3.8, 4) is 0 Å². The van der Waals surface area contributed by atoms with Gasteiger partial charge in [0.25, 0.3) is 5.91 Å². The number of carbonyl (C=O) groups excluding carboxylic acids is 1. The van der Waals surface area contributed by atoms with Gasteiger partial charge >= 0.3 is 0 Å². The van der Waals surface area contributed by atoms with Gasteiger partial charge in [-0.25, -0.2) is 17.9 Å². The number of sulfonamides is 1. The van der Waals surface area contributed by atoms with E-state index in [2.05, 4.69) is 0 Å². The van der Waals surface area contributed by atoms with Crippen LogP contribution in [-0.2, 0) is 10.0 Å². The third-order valence-corrected chi connectivity index (χ3v) is 4.65. The molecule has 21 heavy (non-hydrogen) atoms. The summed E-state index contributed by atoms with van der Waals surface area (Å²) in [4.78, 5) is 13.6. The van der Waals surface area contributed by atoms with E-state index < -0.39 is 26.6 Å². The van der Waals surface area contributed by atoms with Crippen LogP contribution < -0.4 is 5.14 Å². The predicted molar refractivity (Wildman–Crippen MR) is 77.1 cm³/mol. The predicted octanol–water partition coefficient (Wildman–Crippen LogP) is 2.14. The number of primary sulfonamides is 1. The highest BCUT2D eigenvalue weighted by molar-refractivity contribution is 7.89. The average Bonchev–Trinajstić information content (AvgIpc) is 3.17. The van der Waals surface area contributed by atoms with Crippen LogP contribution in [0.4, 0.5) is 4.39 Å². The SMILES string of the molecule is CCCN(C(=O)c1cc(S(N)(=O)=O)c(Cl)cc1F)C1CC1. The van der Waals surface area contributed by atoms with Gasteiger partial charge in [-0.1, -0.05) is 18.5 Å². The Balaban J connectivity index is 2.45. The molecule has 5 nitrogen and oxygen atoms in total. The van der Waals surface area contributed by atoms with Crippen molar-refractivity contribution < 1.29 is 17.6 Å². The number of rotatable bonds is 5. The van der Waals surface area contributed by atoms with Crippen LogP contribution in [0, 0.1) is 5.82 Å². The standard InChI is InChI=1S/C13H16ClFN2O3S/c1-2-5-17(8-3-4-8)13(18)9-6-12(21(16,19)20)10(14)7-11(9)15/h6-8H,2-5H2,1H3,(H2,16,19,20). The van der Waals surface area contributed by atoms with E-state index in [1.54, 1.807) is 4.90 Å². The summed E-state index contributed by atoms with van der Waals surface area (Å²) >= 11 is 5.68. The van der Waals surface area contributed by atoms with Gasteiger partial charge in [-0.2, -0.15) is 0 Å². The molecule has 0 aromatic heterocycles. The third-order valence-electron chi connectivity index (χ3n) is 3.27. The van der Waals surface area contributed by atoms with Gasteiger partial charge < -0.3 is 4.90 Å². The summed E-state index contributed by atoms with van der Waals surface area (Å²) in [5, 5.41) is 4.69. The van der Waals surface area contributed by atoms with Crippen molar-refractivity contribution in [2.75, 3.05) is 6.54 Å². The second kappa shape index (κ2) is 5.90. The van der Waals surface area contributed by atoms with E-state index >= 15 is 0 Å². The molecule has 0 heterocycles. The topological polar surface area (TPSA) is 80.5 Å². The molecule has 8 heteroatoms. The molecule has 0 unspecified atom stereocenters. The number of benzene rings is 1. The van der Waals surface area contributed by atoms with Crippen LogP contribution in [0.3, 0.4) is 0 Å². The van der Waals surface area contributed by atoms with Crippen molar-refractivity contribution in [3.63, 3.8) is 0 Å². The monoisotopic (exact) mass is 334 g/mol. The lowest BCUT2D eigenvalue weighted by atomic mass is 10.1. The van der Waals surface area contributed by atoms with Crippen LogP contribution in [-0.4, -0.2) is 31.8 Å². The minimum atomic E-state index is -4.12. The minimum absolute atomic E-state index is 0.102. The summed E-state index contributed by atoms with van der Waals surface area (Å²) in [6, 6.07) is 1.83. The van der Waals surface area contributed by atoms with E-state index in [1.807, 2.05) is 6.92 Å². The average molecular weight is 335 g/mol. The highest BCUT2D eigenvalue weighted by atomic mass is 35.5. The molecule has 1 fully saturated rings. The summed E-state index contributed by atoms with van der Waals surface area (Å²) in [6.45, 7) is 2.41. The molecular weight excluding hydrogens is 319 g/mol. The first kappa shape index (κ1) is 16.2. The minimum Gasteiger partial charge on any atom is -0.336 e. The molecule has 1 aromatic rings. The van der Waals surface area contributed by atoms with Gasteiger partial charge in [0.1, 0.15) is 10.7 Å². The van der Waals surface area contributed by atoms with Crippen molar-refractivity contribution >= 4 is 27.5 Å². The summed E-state index contributed by atoms with van der Waals surface area (Å²) in [5.74, 6) is -1.38. The van der Waals surface area contributed by atoms with Gasteiger partial charge in [0.05, 0.1) is 10.6 Å². The fraction of sp³-hybridized carbons (Fsp3) is 0.462. The Hall–Kier alpha value is -1.18. The molecule has 2 rings (SSSR count). The van der Waals surface area contributed by atoms with Gasteiger partial charge in [0.2, 0.25) is 10.0 Å². The molecule has 0 spiro atoms. The van der Waals surface area contributed by atoms with Crippen molar-refractivity contribution in [1.82, 2.24) is 4.90 Å². The van der Waals surface area contributed by atoms with E-state index in [0.717, 1.165) is 31.4 Å². The lowest BCUT2D eigenvalue weighted by molar-refractivity contribution is 0.0738. The highest BCUT2D eigenvalue weighted by Gasteiger charge is 2.34. The third kappa shape index (κ3) is 3.53. The molecule has 2 N–H and O–H groups in total. The quantitative estimate of drug-likeness (QED) is 0.895. The maximum Gasteiger partial charge on any atom is 0.257 e. The lowest BCUT2D eigenvalue weighted by Gasteiger charge is -2.22. The number of carbonyl (C=O) groups is 1. The number of hydrogen-bond acceptors (Lipinski definition) is 3. The molecule has 116 valence electrons. The van der Waals surface area contributed by atoms with Gasteiger partial charge in [-0.15, -0.1) is 0 Å². The van der Waals surface area contributed by atoms with Crippen LogP contribution in [0.15, 0.2) is 17.0 Å². The van der Waals surface area contributed by atoms with Crippen LogP contribution in [0.5, 0.6) is 0 Å². The number of nitrogens with zero attached hydrogens (tertiary/aromatic N) is 1. The first-order valence-corrected chi connectivity index (χ1v) is 8.51. The van der Waals surface area contributed by atoms with E-state index in [-0.39, 0.29) is 16.6 Å². The molecule has 0 radical (unpaired) electrons. The largest absolute Gasteiger partial charge is 0.336 e. The fourth-order valence-corrected chi connectivity index (χ4v) is 3.23. The number of hydrogen-bond donors (Lipinski definition) is 1. The zero-order valence-electron chi connectivity index (χ0n) is 11.5. The van der Waals surface area contributed by atoms with Crippen molar-refractivity contribution in [2.45, 2.75) is 37.1 Å². The number of nitrogens with two attached hydrogens (primary N) is 1. The Kier molecular flexibility index (Phi) is 4.55. The van der Waals surface area contributed by atoms with E-state index in [1.165, 1.54) is 0 Å². The van der Waals surface area contributed by atoms with Crippen LogP contribution >= 0.6 is 11.6 Å². The molecular formula is C13H16ClFN2O3S. The van der Waals surface area contributed by atoms with Crippen molar-refractivity contribution in [2.24, 2.45) is 5.14 Å². The van der Waals surface area contributed by atoms with Gasteiger partial charge in [0, 0.05) is 12.6 Å². The van der Waals surface area contributed by atoms with E-state index in [4.69, 9.17) is 16.7 Å². The summed E-state index contributed by atoms with van der Waals surface area (Å²) in [6.07, 6.45) is 2.49. The van der Waals surface area contributed by atoms with Gasteiger partial charge in [-0.05, 0) is 31.4 Å². The Labute approximate surface area is 127 Å². The maximum atomic E-state index is 14.0. The number of amides is 1. The first-order valence-electron chi connectivity index (χ1n) is 6.58. The molecule has 0 aliphatic heterocycles. The Morgan fingerprint density at radius 1 is 1.48 bits per heavy atom. The van der Waals surface area contributed by atoms with Gasteiger partial charge in [-0.3, -0.25) is 4.79 Å². The Morgan fingerprint density at radius 2 is 2.10 bits per heavy atom. The summed E-state index contributed by atoms with van der Waals surface area (Å²) < 4.78 is 36.8. The molecule has 1 aromatic carbocycles. The molecule has 1 aliphatic rings. The molecule has 0 saturated heterocycles. The molecule has 0 bridgehead atoms. The Morgan fingerprint density at radius 3 is 2.57 bits per heavy atom. The zero-order valence-corrected chi connectivity index (χ0v) is 13.0. The van der Waals surface area contributed by atoms with Crippen LogP contribution in [0.1, 0.15) is 36.5 Å². The molecule has 1 amide bonds. The summed E-state index contributed by atoms with van der Waals surface area (Å²) in [5.41, 5.74) is -0.316. The first-order chi connectivity index (χ1) is 9.75. The van der Waals surface area contributed by atoms with Crippen molar-refractivity contribution in [3.05, 3.63) is 28.5 Å². The normalized spacial score (nSPS) is 15.0. The van der Waals surface area contributed by atoms with E-state index in [9.17, 15) is 17.6 Å². The second-order valence-electron chi connectivity index (χ2n) is 5.04. The smallest absolute Gasteiger partial charge is 0.257 e. The van der Waals surface area contributed by atoms with Gasteiger partial charge in [0.15, 0.2) is 0 Å². The van der Waals surface area contributed by atoms with Crippen LogP contribution in [0.25, 0.3) is 0 Å². The molecule has 1 saturated carbocycles. The maximum absolute atomic E-state index is 14.0. The molecule has 1 aliphatic carbocycles. The number of halogens is 2. The van der Waals surface area contributed by atoms with Crippen molar-refractivity contribution in [1.29, 1.82) is 0 Å². The van der Waals surface area contributed by atoms with Crippen LogP contribution in [0.2, 0.25) is 5.02 Å². The summed E-state index contributed by atoms with van der Waals surface area (Å²) in [7, 11) is -4.12.